The van der Waals surface area contributed by atoms with Gasteiger partial charge in [-0.1, -0.05) is 23.8 Å². The number of rotatable bonds is 3. The summed E-state index contributed by atoms with van der Waals surface area (Å²) in [5, 5.41) is 0. The summed E-state index contributed by atoms with van der Waals surface area (Å²) < 4.78 is 6.85. The lowest BCUT2D eigenvalue weighted by Crippen LogP contribution is -2.13. The molecule has 1 heterocycles. The van der Waals surface area contributed by atoms with Crippen molar-refractivity contribution in [2.45, 2.75) is 26.8 Å². The first-order valence-corrected chi connectivity index (χ1v) is 6.41. The van der Waals surface area contributed by atoms with E-state index in [-0.39, 0.29) is 12.0 Å². The van der Waals surface area contributed by atoms with Crippen LogP contribution in [0.1, 0.15) is 35.9 Å². The van der Waals surface area contributed by atoms with Gasteiger partial charge in [0.25, 0.3) is 0 Å². The van der Waals surface area contributed by atoms with Crippen molar-refractivity contribution in [1.82, 2.24) is 4.57 Å². The zero-order valence-electron chi connectivity index (χ0n) is 11.8. The standard InChI is InChI=1S/C16H19NO2/c1-11(2)17-14(8-9-15(17)16(18)19-4)13-7-5-6-12(3)10-13/h5-11H,1-4H3. The van der Waals surface area contributed by atoms with Gasteiger partial charge < -0.3 is 9.30 Å². The molecule has 0 spiro atoms. The molecule has 1 aromatic carbocycles. The second-order valence-corrected chi connectivity index (χ2v) is 4.93. The first kappa shape index (κ1) is 13.4. The molecule has 0 unspecified atom stereocenters. The van der Waals surface area contributed by atoms with Crippen LogP contribution in [0.2, 0.25) is 0 Å². The lowest BCUT2D eigenvalue weighted by Gasteiger charge is -2.16. The number of nitrogens with zero attached hydrogens (tertiary/aromatic N) is 1. The zero-order chi connectivity index (χ0) is 14.0. The van der Waals surface area contributed by atoms with Crippen molar-refractivity contribution in [2.24, 2.45) is 0 Å². The molecule has 0 bridgehead atoms. The van der Waals surface area contributed by atoms with Crippen LogP contribution in [0, 0.1) is 6.92 Å². The van der Waals surface area contributed by atoms with Gasteiger partial charge in [-0.05, 0) is 44.5 Å². The maximum atomic E-state index is 11.8. The van der Waals surface area contributed by atoms with Gasteiger partial charge in [0.15, 0.2) is 0 Å². The van der Waals surface area contributed by atoms with E-state index in [9.17, 15) is 4.79 Å². The summed E-state index contributed by atoms with van der Waals surface area (Å²) in [6.07, 6.45) is 0. The van der Waals surface area contributed by atoms with Crippen LogP contribution in [-0.2, 0) is 4.74 Å². The molecule has 0 fully saturated rings. The van der Waals surface area contributed by atoms with Crippen LogP contribution in [0.15, 0.2) is 36.4 Å². The lowest BCUT2D eigenvalue weighted by atomic mass is 10.1. The predicted molar refractivity (Wildman–Crippen MR) is 76.3 cm³/mol. The summed E-state index contributed by atoms with van der Waals surface area (Å²) in [5.74, 6) is -0.299. The Morgan fingerprint density at radius 2 is 1.95 bits per heavy atom. The normalized spacial score (nSPS) is 10.8. The number of carbonyl (C=O) groups is 1. The molecule has 0 amide bonds. The van der Waals surface area contributed by atoms with E-state index >= 15 is 0 Å². The Morgan fingerprint density at radius 1 is 1.21 bits per heavy atom. The van der Waals surface area contributed by atoms with E-state index < -0.39 is 0 Å². The molecular weight excluding hydrogens is 238 g/mol. The van der Waals surface area contributed by atoms with Gasteiger partial charge in [-0.3, -0.25) is 0 Å². The number of carbonyl (C=O) groups excluding carboxylic acids is 1. The van der Waals surface area contributed by atoms with Crippen molar-refractivity contribution in [3.8, 4) is 11.3 Å². The molecule has 0 saturated carbocycles. The first-order valence-electron chi connectivity index (χ1n) is 6.41. The van der Waals surface area contributed by atoms with Crippen molar-refractivity contribution >= 4 is 5.97 Å². The van der Waals surface area contributed by atoms with E-state index in [1.165, 1.54) is 12.7 Å². The number of aryl methyl sites for hydroxylation is 1. The van der Waals surface area contributed by atoms with Gasteiger partial charge in [0.05, 0.1) is 7.11 Å². The van der Waals surface area contributed by atoms with Gasteiger partial charge in [-0.25, -0.2) is 4.79 Å². The summed E-state index contributed by atoms with van der Waals surface area (Å²) in [5.41, 5.74) is 3.95. The molecular formula is C16H19NO2. The monoisotopic (exact) mass is 257 g/mol. The van der Waals surface area contributed by atoms with E-state index in [1.54, 1.807) is 0 Å². The van der Waals surface area contributed by atoms with Crippen molar-refractivity contribution in [3.05, 3.63) is 47.7 Å². The average molecular weight is 257 g/mol. The second kappa shape index (κ2) is 5.31. The van der Waals surface area contributed by atoms with Gasteiger partial charge in [-0.2, -0.15) is 0 Å². The SMILES string of the molecule is COC(=O)c1ccc(-c2cccc(C)c2)n1C(C)C. The Bertz CT molecular complexity index is 597. The quantitative estimate of drug-likeness (QED) is 0.782. The molecule has 0 saturated heterocycles. The average Bonchev–Trinajstić information content (AvgIpc) is 2.82. The van der Waals surface area contributed by atoms with Gasteiger partial charge in [0.1, 0.15) is 5.69 Å². The van der Waals surface area contributed by atoms with Crippen molar-refractivity contribution in [3.63, 3.8) is 0 Å². The minimum absolute atomic E-state index is 0.194. The Kier molecular flexibility index (Phi) is 3.74. The van der Waals surface area contributed by atoms with Crippen LogP contribution in [0.25, 0.3) is 11.3 Å². The number of benzene rings is 1. The van der Waals surface area contributed by atoms with E-state index in [2.05, 4.69) is 39.0 Å². The minimum atomic E-state index is -0.299. The number of hydrogen-bond acceptors (Lipinski definition) is 2. The number of ether oxygens (including phenoxy) is 1. The van der Waals surface area contributed by atoms with Crippen LogP contribution in [0.3, 0.4) is 0 Å². The molecule has 19 heavy (non-hydrogen) atoms. The van der Waals surface area contributed by atoms with Crippen LogP contribution >= 0.6 is 0 Å². The predicted octanol–water partition coefficient (Wildman–Crippen LogP) is 3.83. The highest BCUT2D eigenvalue weighted by Crippen LogP contribution is 2.27. The number of aromatic nitrogens is 1. The fourth-order valence-electron chi connectivity index (χ4n) is 2.32. The topological polar surface area (TPSA) is 31.2 Å². The molecule has 3 heteroatoms. The largest absolute Gasteiger partial charge is 0.464 e. The highest BCUT2D eigenvalue weighted by Gasteiger charge is 2.18. The summed E-state index contributed by atoms with van der Waals surface area (Å²) in [6.45, 7) is 6.19. The number of hydrogen-bond donors (Lipinski definition) is 0. The minimum Gasteiger partial charge on any atom is -0.464 e. The molecule has 0 radical (unpaired) electrons. The maximum absolute atomic E-state index is 11.8. The smallest absolute Gasteiger partial charge is 0.354 e. The van der Waals surface area contributed by atoms with E-state index in [4.69, 9.17) is 4.74 Å². The van der Waals surface area contributed by atoms with Crippen LogP contribution in [0.4, 0.5) is 0 Å². The molecule has 100 valence electrons. The first-order chi connectivity index (χ1) is 9.04. The Morgan fingerprint density at radius 3 is 2.53 bits per heavy atom. The van der Waals surface area contributed by atoms with Gasteiger partial charge >= 0.3 is 5.97 Å². The molecule has 0 aliphatic rings. The molecule has 2 rings (SSSR count). The Hall–Kier alpha value is -2.03. The number of methoxy groups -OCH3 is 1. The molecule has 0 aliphatic heterocycles. The Labute approximate surface area is 113 Å². The van der Waals surface area contributed by atoms with E-state index in [0.717, 1.165) is 11.3 Å². The lowest BCUT2D eigenvalue weighted by molar-refractivity contribution is 0.0587. The second-order valence-electron chi connectivity index (χ2n) is 4.93. The zero-order valence-corrected chi connectivity index (χ0v) is 11.8. The third kappa shape index (κ3) is 2.55. The summed E-state index contributed by atoms with van der Waals surface area (Å²) >= 11 is 0. The fourth-order valence-corrected chi connectivity index (χ4v) is 2.32. The molecule has 0 N–H and O–H groups in total. The molecule has 1 aromatic heterocycles. The molecule has 2 aromatic rings. The highest BCUT2D eigenvalue weighted by molar-refractivity contribution is 5.89. The maximum Gasteiger partial charge on any atom is 0.354 e. The number of esters is 1. The highest BCUT2D eigenvalue weighted by atomic mass is 16.5. The van der Waals surface area contributed by atoms with Crippen molar-refractivity contribution in [2.75, 3.05) is 7.11 Å². The van der Waals surface area contributed by atoms with Crippen LogP contribution in [-0.4, -0.2) is 17.6 Å². The third-order valence-electron chi connectivity index (χ3n) is 3.14. The van der Waals surface area contributed by atoms with Crippen molar-refractivity contribution in [1.29, 1.82) is 0 Å². The van der Waals surface area contributed by atoms with Crippen LogP contribution < -0.4 is 0 Å². The van der Waals surface area contributed by atoms with Gasteiger partial charge in [-0.15, -0.1) is 0 Å². The summed E-state index contributed by atoms with van der Waals surface area (Å²) in [6, 6.07) is 12.3. The van der Waals surface area contributed by atoms with Gasteiger partial charge in [0, 0.05) is 11.7 Å². The molecule has 3 nitrogen and oxygen atoms in total. The van der Waals surface area contributed by atoms with E-state index in [0.29, 0.717) is 5.69 Å². The molecule has 0 aliphatic carbocycles. The van der Waals surface area contributed by atoms with Gasteiger partial charge in [0.2, 0.25) is 0 Å². The van der Waals surface area contributed by atoms with Crippen LogP contribution in [0.5, 0.6) is 0 Å². The summed E-state index contributed by atoms with van der Waals surface area (Å²) in [7, 11) is 1.41. The summed E-state index contributed by atoms with van der Waals surface area (Å²) in [4.78, 5) is 11.8. The van der Waals surface area contributed by atoms with E-state index in [1.807, 2.05) is 22.8 Å². The third-order valence-corrected chi connectivity index (χ3v) is 3.14. The molecule has 0 atom stereocenters. The van der Waals surface area contributed by atoms with Crippen molar-refractivity contribution < 1.29 is 9.53 Å². The Balaban J connectivity index is 2.58. The fraction of sp³-hybridized carbons (Fsp3) is 0.312.